The zero-order valence-electron chi connectivity index (χ0n) is 16.6. The van der Waals surface area contributed by atoms with Gasteiger partial charge < -0.3 is 24.3 Å². The fraction of sp³-hybridized carbons (Fsp3) is 0.174. The van der Waals surface area contributed by atoms with E-state index < -0.39 is 0 Å². The van der Waals surface area contributed by atoms with Crippen molar-refractivity contribution in [2.24, 2.45) is 0 Å². The maximum absolute atomic E-state index is 12.7. The van der Waals surface area contributed by atoms with E-state index in [0.717, 1.165) is 5.56 Å². The molecule has 0 aliphatic rings. The number of hydrogen-bond donors (Lipinski definition) is 1. The van der Waals surface area contributed by atoms with Crippen molar-refractivity contribution in [1.29, 1.82) is 0 Å². The molecule has 6 nitrogen and oxygen atoms in total. The molecule has 0 unspecified atom stereocenters. The van der Waals surface area contributed by atoms with Crippen LogP contribution >= 0.6 is 0 Å². The van der Waals surface area contributed by atoms with E-state index in [1.54, 1.807) is 57.7 Å². The van der Waals surface area contributed by atoms with Crippen molar-refractivity contribution in [3.63, 3.8) is 0 Å². The molecule has 150 valence electrons. The van der Waals surface area contributed by atoms with Crippen molar-refractivity contribution < 1.29 is 23.7 Å². The number of amides is 1. The zero-order chi connectivity index (χ0) is 20.6. The third kappa shape index (κ3) is 5.19. The first kappa shape index (κ1) is 20.1. The highest BCUT2D eigenvalue weighted by atomic mass is 16.5. The highest BCUT2D eigenvalue weighted by Crippen LogP contribution is 2.25. The van der Waals surface area contributed by atoms with Gasteiger partial charge in [-0.05, 0) is 42.5 Å². The number of carbonyl (C=O) groups is 1. The van der Waals surface area contributed by atoms with Crippen molar-refractivity contribution in [3.8, 4) is 23.0 Å². The third-order valence-corrected chi connectivity index (χ3v) is 4.31. The lowest BCUT2D eigenvalue weighted by Gasteiger charge is -2.13. The van der Waals surface area contributed by atoms with Crippen LogP contribution in [0.5, 0.6) is 23.0 Å². The molecule has 0 aliphatic heterocycles. The van der Waals surface area contributed by atoms with E-state index in [4.69, 9.17) is 18.9 Å². The maximum atomic E-state index is 12.7. The Morgan fingerprint density at radius 3 is 2.21 bits per heavy atom. The molecule has 3 aromatic carbocycles. The second-order valence-electron chi connectivity index (χ2n) is 6.18. The molecule has 29 heavy (non-hydrogen) atoms. The van der Waals surface area contributed by atoms with Crippen LogP contribution in [0.4, 0.5) is 5.69 Å². The average molecular weight is 393 g/mol. The monoisotopic (exact) mass is 393 g/mol. The zero-order valence-corrected chi connectivity index (χ0v) is 16.6. The van der Waals surface area contributed by atoms with E-state index in [0.29, 0.717) is 34.2 Å². The molecule has 0 aliphatic carbocycles. The van der Waals surface area contributed by atoms with Crippen molar-refractivity contribution in [2.45, 2.75) is 6.61 Å². The van der Waals surface area contributed by atoms with Crippen LogP contribution in [-0.4, -0.2) is 27.2 Å². The average Bonchev–Trinajstić information content (AvgIpc) is 2.77. The Bertz CT molecular complexity index is 987. The Kier molecular flexibility index (Phi) is 6.58. The second kappa shape index (κ2) is 9.50. The lowest BCUT2D eigenvalue weighted by molar-refractivity contribution is 0.102. The Morgan fingerprint density at radius 2 is 1.48 bits per heavy atom. The van der Waals surface area contributed by atoms with E-state index in [9.17, 15) is 4.79 Å². The number of ether oxygens (including phenoxy) is 4. The molecular weight excluding hydrogens is 370 g/mol. The summed E-state index contributed by atoms with van der Waals surface area (Å²) in [4.78, 5) is 12.7. The van der Waals surface area contributed by atoms with Gasteiger partial charge in [-0.25, -0.2) is 0 Å². The molecule has 6 heteroatoms. The predicted octanol–water partition coefficient (Wildman–Crippen LogP) is 4.54. The smallest absolute Gasteiger partial charge is 0.255 e. The van der Waals surface area contributed by atoms with Crippen LogP contribution < -0.4 is 24.3 Å². The summed E-state index contributed by atoms with van der Waals surface area (Å²) >= 11 is 0. The van der Waals surface area contributed by atoms with Gasteiger partial charge in [0.2, 0.25) is 0 Å². The van der Waals surface area contributed by atoms with Gasteiger partial charge in [0.1, 0.15) is 29.6 Å². The first-order valence-electron chi connectivity index (χ1n) is 9.02. The number of hydrogen-bond acceptors (Lipinski definition) is 5. The fourth-order valence-electron chi connectivity index (χ4n) is 2.79. The summed E-state index contributed by atoms with van der Waals surface area (Å²) in [6.45, 7) is 0.247. The van der Waals surface area contributed by atoms with Gasteiger partial charge in [0, 0.05) is 28.9 Å². The van der Waals surface area contributed by atoms with Gasteiger partial charge in [-0.1, -0.05) is 12.1 Å². The van der Waals surface area contributed by atoms with E-state index >= 15 is 0 Å². The van der Waals surface area contributed by atoms with Gasteiger partial charge in [-0.2, -0.15) is 0 Å². The summed E-state index contributed by atoms with van der Waals surface area (Å²) in [5, 5.41) is 2.87. The minimum absolute atomic E-state index is 0.233. The number of rotatable bonds is 8. The molecule has 1 N–H and O–H groups in total. The van der Waals surface area contributed by atoms with Crippen molar-refractivity contribution in [3.05, 3.63) is 77.9 Å². The number of nitrogens with one attached hydrogen (secondary N) is 1. The van der Waals surface area contributed by atoms with Gasteiger partial charge >= 0.3 is 0 Å². The Hall–Kier alpha value is -3.67. The van der Waals surface area contributed by atoms with Gasteiger partial charge in [0.25, 0.3) is 5.91 Å². The molecule has 0 spiro atoms. The van der Waals surface area contributed by atoms with Crippen LogP contribution in [0, 0.1) is 0 Å². The summed E-state index contributed by atoms with van der Waals surface area (Å²) in [5.74, 6) is 2.46. The van der Waals surface area contributed by atoms with E-state index in [1.807, 2.05) is 30.3 Å². The first-order chi connectivity index (χ1) is 14.1. The molecule has 0 aromatic heterocycles. The number of carbonyl (C=O) groups excluding carboxylic acids is 1. The SMILES string of the molecule is COc1cccc(NC(=O)c2ccc(OC)c(COc3cccc(OC)c3)c2)c1. The highest BCUT2D eigenvalue weighted by Gasteiger charge is 2.12. The van der Waals surface area contributed by atoms with Crippen molar-refractivity contribution in [2.75, 3.05) is 26.6 Å². The van der Waals surface area contributed by atoms with E-state index in [2.05, 4.69) is 5.32 Å². The van der Waals surface area contributed by atoms with E-state index in [1.165, 1.54) is 0 Å². The van der Waals surface area contributed by atoms with Crippen LogP contribution in [0.1, 0.15) is 15.9 Å². The van der Waals surface area contributed by atoms with Crippen LogP contribution in [0.15, 0.2) is 66.7 Å². The van der Waals surface area contributed by atoms with Crippen LogP contribution in [0.2, 0.25) is 0 Å². The minimum atomic E-state index is -0.233. The van der Waals surface area contributed by atoms with Gasteiger partial charge in [0.05, 0.1) is 21.3 Å². The Morgan fingerprint density at radius 1 is 0.793 bits per heavy atom. The molecule has 0 atom stereocenters. The minimum Gasteiger partial charge on any atom is -0.497 e. The summed E-state index contributed by atoms with van der Waals surface area (Å²) in [6.07, 6.45) is 0. The van der Waals surface area contributed by atoms with Gasteiger partial charge in [-0.15, -0.1) is 0 Å². The molecule has 3 aromatic rings. The molecule has 0 heterocycles. The van der Waals surface area contributed by atoms with Crippen LogP contribution in [-0.2, 0) is 6.61 Å². The number of benzene rings is 3. The molecule has 3 rings (SSSR count). The summed E-state index contributed by atoms with van der Waals surface area (Å²) in [5.41, 5.74) is 1.91. The quantitative estimate of drug-likeness (QED) is 0.608. The van der Waals surface area contributed by atoms with Crippen LogP contribution in [0.3, 0.4) is 0 Å². The Labute approximate surface area is 170 Å². The Balaban J connectivity index is 1.75. The summed E-state index contributed by atoms with van der Waals surface area (Å²) < 4.78 is 21.7. The van der Waals surface area contributed by atoms with Crippen molar-refractivity contribution in [1.82, 2.24) is 0 Å². The maximum Gasteiger partial charge on any atom is 0.255 e. The summed E-state index contributed by atoms with van der Waals surface area (Å²) in [6, 6.07) is 19.8. The topological polar surface area (TPSA) is 66.0 Å². The van der Waals surface area contributed by atoms with Gasteiger partial charge in [-0.3, -0.25) is 4.79 Å². The first-order valence-corrected chi connectivity index (χ1v) is 9.02. The molecule has 1 amide bonds. The lowest BCUT2D eigenvalue weighted by Crippen LogP contribution is -2.13. The van der Waals surface area contributed by atoms with Crippen LogP contribution in [0.25, 0.3) is 0 Å². The van der Waals surface area contributed by atoms with Crippen molar-refractivity contribution >= 4 is 11.6 Å². The summed E-state index contributed by atoms with van der Waals surface area (Å²) in [7, 11) is 4.77. The largest absolute Gasteiger partial charge is 0.497 e. The normalized spacial score (nSPS) is 10.2. The van der Waals surface area contributed by atoms with E-state index in [-0.39, 0.29) is 12.5 Å². The predicted molar refractivity (Wildman–Crippen MR) is 111 cm³/mol. The highest BCUT2D eigenvalue weighted by molar-refractivity contribution is 6.04. The molecule has 0 radical (unpaired) electrons. The molecule has 0 saturated carbocycles. The molecule has 0 bridgehead atoms. The number of methoxy groups -OCH3 is 3. The molecule has 0 fully saturated rings. The standard InChI is InChI=1S/C23H23NO5/c1-26-19-7-4-6-18(13-19)24-23(25)16-10-11-22(28-3)17(12-16)15-29-21-9-5-8-20(14-21)27-2/h4-14H,15H2,1-3H3,(H,24,25). The number of anilines is 1. The second-order valence-corrected chi connectivity index (χ2v) is 6.18. The fourth-order valence-corrected chi connectivity index (χ4v) is 2.79. The third-order valence-electron chi connectivity index (χ3n) is 4.31. The molecular formula is C23H23NO5. The molecule has 0 saturated heterocycles. The lowest BCUT2D eigenvalue weighted by atomic mass is 10.1. The van der Waals surface area contributed by atoms with Gasteiger partial charge in [0.15, 0.2) is 0 Å².